The van der Waals surface area contributed by atoms with E-state index in [1.807, 2.05) is 0 Å². The molecule has 1 aliphatic rings. The third-order valence-electron chi connectivity index (χ3n) is 3.22. The zero-order valence-corrected chi connectivity index (χ0v) is 11.0. The number of aryl methyl sites for hydroxylation is 1. The van der Waals surface area contributed by atoms with Crippen LogP contribution in [0.3, 0.4) is 0 Å². The number of nitrogens with one attached hydrogen (secondary N) is 1. The van der Waals surface area contributed by atoms with Gasteiger partial charge in [0.05, 0.1) is 5.69 Å². The lowest BCUT2D eigenvalue weighted by Crippen LogP contribution is -2.34. The first-order valence-corrected chi connectivity index (χ1v) is 7.03. The topological polar surface area (TPSA) is 28.2 Å². The van der Waals surface area contributed by atoms with Gasteiger partial charge in [-0.3, -0.25) is 0 Å². The standard InChI is InChI=1S/C12H21N3S/c1-3-11-9-16-12(14-11)15(2)8-10-4-6-13-7-5-10/h9-10,13H,3-8H2,1-2H3. The zero-order valence-electron chi connectivity index (χ0n) is 10.2. The van der Waals surface area contributed by atoms with Crippen molar-refractivity contribution in [2.45, 2.75) is 26.2 Å². The SMILES string of the molecule is CCc1csc(N(C)CC2CCNCC2)n1. The molecule has 0 aromatic carbocycles. The van der Waals surface area contributed by atoms with Crippen LogP contribution in [0.25, 0.3) is 0 Å². The summed E-state index contributed by atoms with van der Waals surface area (Å²) in [6.45, 7) is 5.66. The van der Waals surface area contributed by atoms with E-state index in [9.17, 15) is 0 Å². The number of nitrogens with zero attached hydrogens (tertiary/aromatic N) is 2. The van der Waals surface area contributed by atoms with E-state index in [-0.39, 0.29) is 0 Å². The predicted octanol–water partition coefficient (Wildman–Crippen LogP) is 2.14. The highest BCUT2D eigenvalue weighted by Crippen LogP contribution is 2.22. The van der Waals surface area contributed by atoms with Crippen LogP contribution in [0.4, 0.5) is 5.13 Å². The quantitative estimate of drug-likeness (QED) is 0.872. The van der Waals surface area contributed by atoms with E-state index >= 15 is 0 Å². The van der Waals surface area contributed by atoms with Crippen LogP contribution in [0.1, 0.15) is 25.5 Å². The second-order valence-corrected chi connectivity index (χ2v) is 5.39. The Balaban J connectivity index is 1.88. The fraction of sp³-hybridized carbons (Fsp3) is 0.750. The van der Waals surface area contributed by atoms with E-state index in [0.29, 0.717) is 0 Å². The van der Waals surface area contributed by atoms with Gasteiger partial charge in [0.15, 0.2) is 5.13 Å². The van der Waals surface area contributed by atoms with Crippen molar-refractivity contribution in [3.63, 3.8) is 0 Å². The van der Waals surface area contributed by atoms with Gasteiger partial charge < -0.3 is 10.2 Å². The van der Waals surface area contributed by atoms with Gasteiger partial charge in [-0.05, 0) is 38.3 Å². The molecule has 0 unspecified atom stereocenters. The van der Waals surface area contributed by atoms with Gasteiger partial charge in [-0.1, -0.05) is 6.92 Å². The van der Waals surface area contributed by atoms with Crippen LogP contribution in [0, 0.1) is 5.92 Å². The molecule has 0 bridgehead atoms. The summed E-state index contributed by atoms with van der Waals surface area (Å²) in [4.78, 5) is 6.94. The molecule has 0 spiro atoms. The summed E-state index contributed by atoms with van der Waals surface area (Å²) in [6, 6.07) is 0. The fourth-order valence-corrected chi connectivity index (χ4v) is 3.05. The van der Waals surface area contributed by atoms with E-state index in [1.54, 1.807) is 11.3 Å². The van der Waals surface area contributed by atoms with E-state index in [1.165, 1.54) is 36.8 Å². The van der Waals surface area contributed by atoms with Crippen molar-refractivity contribution in [3.8, 4) is 0 Å². The Morgan fingerprint density at radius 3 is 2.88 bits per heavy atom. The van der Waals surface area contributed by atoms with Crippen molar-refractivity contribution in [3.05, 3.63) is 11.1 Å². The van der Waals surface area contributed by atoms with E-state index in [2.05, 4.69) is 34.6 Å². The molecule has 0 amide bonds. The highest BCUT2D eigenvalue weighted by Gasteiger charge is 2.16. The van der Waals surface area contributed by atoms with E-state index in [0.717, 1.165) is 18.9 Å². The normalized spacial score (nSPS) is 17.6. The summed E-state index contributed by atoms with van der Waals surface area (Å²) in [5, 5.41) is 6.76. The van der Waals surface area contributed by atoms with Gasteiger partial charge in [-0.15, -0.1) is 11.3 Å². The highest BCUT2D eigenvalue weighted by molar-refractivity contribution is 7.13. The first kappa shape index (κ1) is 11.9. The molecule has 1 saturated heterocycles. The van der Waals surface area contributed by atoms with Gasteiger partial charge in [-0.25, -0.2) is 4.98 Å². The summed E-state index contributed by atoms with van der Waals surface area (Å²) >= 11 is 1.77. The molecule has 1 N–H and O–H groups in total. The molecule has 0 atom stereocenters. The van der Waals surface area contributed by atoms with Crippen molar-refractivity contribution >= 4 is 16.5 Å². The maximum atomic E-state index is 4.62. The predicted molar refractivity (Wildman–Crippen MR) is 70.4 cm³/mol. The number of thiazole rings is 1. The minimum Gasteiger partial charge on any atom is -0.351 e. The Bertz CT molecular complexity index is 318. The van der Waals surface area contributed by atoms with Gasteiger partial charge in [0.2, 0.25) is 0 Å². The molecular weight excluding hydrogens is 218 g/mol. The first-order chi connectivity index (χ1) is 7.79. The Labute approximate surface area is 102 Å². The van der Waals surface area contributed by atoms with E-state index < -0.39 is 0 Å². The van der Waals surface area contributed by atoms with Gasteiger partial charge in [0, 0.05) is 19.0 Å². The second-order valence-electron chi connectivity index (χ2n) is 4.55. The van der Waals surface area contributed by atoms with Crippen LogP contribution in [0.15, 0.2) is 5.38 Å². The average Bonchev–Trinajstić information content (AvgIpc) is 2.79. The maximum Gasteiger partial charge on any atom is 0.185 e. The third-order valence-corrected chi connectivity index (χ3v) is 4.22. The molecular formula is C12H21N3S. The minimum atomic E-state index is 0.834. The molecule has 0 saturated carbocycles. The van der Waals surface area contributed by atoms with Crippen LogP contribution in [0.2, 0.25) is 0 Å². The van der Waals surface area contributed by atoms with Crippen LogP contribution in [-0.4, -0.2) is 31.7 Å². The summed E-state index contributed by atoms with van der Waals surface area (Å²) in [6.07, 6.45) is 3.64. The molecule has 16 heavy (non-hydrogen) atoms. The molecule has 1 aliphatic heterocycles. The molecule has 1 fully saturated rings. The molecule has 1 aromatic rings. The Kier molecular flexibility index (Phi) is 4.18. The summed E-state index contributed by atoms with van der Waals surface area (Å²) in [5.41, 5.74) is 1.22. The number of hydrogen-bond donors (Lipinski definition) is 1. The lowest BCUT2D eigenvalue weighted by atomic mass is 9.98. The van der Waals surface area contributed by atoms with Crippen molar-refractivity contribution in [1.29, 1.82) is 0 Å². The number of hydrogen-bond acceptors (Lipinski definition) is 4. The van der Waals surface area contributed by atoms with Crippen molar-refractivity contribution in [1.82, 2.24) is 10.3 Å². The van der Waals surface area contributed by atoms with Crippen LogP contribution >= 0.6 is 11.3 Å². The van der Waals surface area contributed by atoms with Gasteiger partial charge in [-0.2, -0.15) is 0 Å². The van der Waals surface area contributed by atoms with Gasteiger partial charge in [0.25, 0.3) is 0 Å². The van der Waals surface area contributed by atoms with Crippen LogP contribution in [-0.2, 0) is 6.42 Å². The largest absolute Gasteiger partial charge is 0.351 e. The molecule has 4 heteroatoms. The minimum absolute atomic E-state index is 0.834. The number of piperidine rings is 1. The Morgan fingerprint density at radius 2 is 2.25 bits per heavy atom. The average molecular weight is 239 g/mol. The highest BCUT2D eigenvalue weighted by atomic mass is 32.1. The van der Waals surface area contributed by atoms with Crippen LogP contribution in [0.5, 0.6) is 0 Å². The zero-order chi connectivity index (χ0) is 11.4. The molecule has 2 rings (SSSR count). The van der Waals surface area contributed by atoms with Gasteiger partial charge >= 0.3 is 0 Å². The lowest BCUT2D eigenvalue weighted by Gasteiger charge is -2.27. The number of rotatable bonds is 4. The Hall–Kier alpha value is -0.610. The summed E-state index contributed by atoms with van der Waals surface area (Å²) in [5.74, 6) is 0.834. The second kappa shape index (κ2) is 5.64. The number of aromatic nitrogens is 1. The first-order valence-electron chi connectivity index (χ1n) is 6.16. The Morgan fingerprint density at radius 1 is 1.50 bits per heavy atom. The van der Waals surface area contributed by atoms with Crippen molar-refractivity contribution < 1.29 is 0 Å². The maximum absolute atomic E-state index is 4.62. The van der Waals surface area contributed by atoms with Crippen LogP contribution < -0.4 is 10.2 Å². The van der Waals surface area contributed by atoms with Gasteiger partial charge in [0.1, 0.15) is 0 Å². The fourth-order valence-electron chi connectivity index (χ4n) is 2.16. The smallest absolute Gasteiger partial charge is 0.185 e. The monoisotopic (exact) mass is 239 g/mol. The molecule has 0 aliphatic carbocycles. The number of anilines is 1. The molecule has 3 nitrogen and oxygen atoms in total. The van der Waals surface area contributed by atoms with Crippen molar-refractivity contribution in [2.24, 2.45) is 5.92 Å². The molecule has 1 aromatic heterocycles. The lowest BCUT2D eigenvalue weighted by molar-refractivity contribution is 0.378. The summed E-state index contributed by atoms with van der Waals surface area (Å²) in [7, 11) is 2.17. The summed E-state index contributed by atoms with van der Waals surface area (Å²) < 4.78 is 0. The third kappa shape index (κ3) is 2.95. The molecule has 2 heterocycles. The van der Waals surface area contributed by atoms with Crippen molar-refractivity contribution in [2.75, 3.05) is 31.6 Å². The molecule has 0 radical (unpaired) electrons. The molecule has 90 valence electrons. The van der Waals surface area contributed by atoms with E-state index in [4.69, 9.17) is 0 Å².